The van der Waals surface area contributed by atoms with Gasteiger partial charge in [0.15, 0.2) is 4.34 Å². The van der Waals surface area contributed by atoms with Gasteiger partial charge in [0, 0.05) is 17.6 Å². The highest BCUT2D eigenvalue weighted by Crippen LogP contribution is 2.37. The quantitative estimate of drug-likeness (QED) is 0.779. The first-order valence-corrected chi connectivity index (χ1v) is 6.32. The van der Waals surface area contributed by atoms with Gasteiger partial charge in [0.05, 0.1) is 0 Å². The van der Waals surface area contributed by atoms with Crippen LogP contribution in [-0.4, -0.2) is 20.4 Å². The summed E-state index contributed by atoms with van der Waals surface area (Å²) < 4.78 is 5.12. The number of Topliss-reactive ketones (excluding diaryl/α,β-unsaturated/α-hetero) is 1. The zero-order chi connectivity index (χ0) is 10.1. The van der Waals surface area contributed by atoms with Gasteiger partial charge >= 0.3 is 0 Å². The van der Waals surface area contributed by atoms with Gasteiger partial charge in [-0.2, -0.15) is 4.37 Å². The molecule has 76 valence electrons. The molecule has 0 bridgehead atoms. The highest BCUT2D eigenvalue weighted by molar-refractivity contribution is 8.01. The van der Waals surface area contributed by atoms with Gasteiger partial charge in [0.25, 0.3) is 0 Å². The van der Waals surface area contributed by atoms with Crippen molar-refractivity contribution < 1.29 is 4.79 Å². The van der Waals surface area contributed by atoms with Crippen LogP contribution in [0.3, 0.4) is 0 Å². The molecule has 2 rings (SSSR count). The fourth-order valence-electron chi connectivity index (χ4n) is 1.59. The van der Waals surface area contributed by atoms with Gasteiger partial charge in [0.2, 0.25) is 0 Å². The molecule has 0 saturated heterocycles. The Labute approximate surface area is 91.5 Å². The normalized spacial score (nSPS) is 27.1. The molecule has 1 saturated carbocycles. The van der Waals surface area contributed by atoms with E-state index >= 15 is 0 Å². The molecule has 3 nitrogen and oxygen atoms in total. The summed E-state index contributed by atoms with van der Waals surface area (Å²) in [6, 6.07) is 0. The van der Waals surface area contributed by atoms with Crippen molar-refractivity contribution in [3.8, 4) is 0 Å². The largest absolute Gasteiger partial charge is 0.299 e. The first-order chi connectivity index (χ1) is 6.66. The van der Waals surface area contributed by atoms with E-state index in [1.165, 1.54) is 11.5 Å². The molecule has 1 aromatic rings. The lowest BCUT2D eigenvalue weighted by molar-refractivity contribution is -0.120. The molecule has 2 atom stereocenters. The number of nitrogens with zero attached hydrogens (tertiary/aromatic N) is 2. The number of hydrogen-bond donors (Lipinski definition) is 0. The molecule has 1 aliphatic carbocycles. The number of hydrogen-bond acceptors (Lipinski definition) is 5. The summed E-state index contributed by atoms with van der Waals surface area (Å²) in [5.41, 5.74) is 0. The first kappa shape index (κ1) is 10.1. The summed E-state index contributed by atoms with van der Waals surface area (Å²) in [4.78, 5) is 15.6. The molecule has 0 aliphatic heterocycles. The lowest BCUT2D eigenvalue weighted by Gasteiger charge is -2.10. The number of aromatic nitrogens is 2. The monoisotopic (exact) mass is 228 g/mol. The van der Waals surface area contributed by atoms with Crippen molar-refractivity contribution in [1.82, 2.24) is 9.36 Å². The zero-order valence-corrected chi connectivity index (χ0v) is 9.82. The number of carbonyl (C=O) groups excluding carboxylic acids is 1. The van der Waals surface area contributed by atoms with E-state index < -0.39 is 0 Å². The molecule has 1 heterocycles. The number of thioether (sulfide) groups is 1. The zero-order valence-electron chi connectivity index (χ0n) is 8.19. The minimum atomic E-state index is 0.184. The fourth-order valence-corrected chi connectivity index (χ4v) is 3.70. The topological polar surface area (TPSA) is 42.9 Å². The predicted molar refractivity (Wildman–Crippen MR) is 57.7 cm³/mol. The maximum Gasteiger partial charge on any atom is 0.170 e. The standard InChI is InChI=1S/C9H12N2OS2/c1-5-7(12)3-4-8(5)13-9-10-6(2)11-14-9/h5,8H,3-4H2,1-2H3. The highest BCUT2D eigenvalue weighted by Gasteiger charge is 2.32. The molecule has 5 heteroatoms. The van der Waals surface area contributed by atoms with Crippen molar-refractivity contribution in [1.29, 1.82) is 0 Å². The van der Waals surface area contributed by atoms with E-state index in [0.29, 0.717) is 11.0 Å². The van der Waals surface area contributed by atoms with E-state index in [-0.39, 0.29) is 5.92 Å². The molecule has 0 aromatic carbocycles. The summed E-state index contributed by atoms with van der Waals surface area (Å²) in [5, 5.41) is 0.412. The Kier molecular flexibility index (Phi) is 2.88. The van der Waals surface area contributed by atoms with E-state index in [1.807, 2.05) is 13.8 Å². The highest BCUT2D eigenvalue weighted by atomic mass is 32.2. The Balaban J connectivity index is 2.02. The van der Waals surface area contributed by atoms with Gasteiger partial charge in [-0.05, 0) is 24.9 Å². The molecule has 14 heavy (non-hydrogen) atoms. The molecular formula is C9H12N2OS2. The Hall–Kier alpha value is -0.420. The van der Waals surface area contributed by atoms with Crippen LogP contribution in [-0.2, 0) is 4.79 Å². The molecule has 0 N–H and O–H groups in total. The van der Waals surface area contributed by atoms with Crippen LogP contribution in [0.2, 0.25) is 0 Å². The maximum atomic E-state index is 11.3. The van der Waals surface area contributed by atoms with E-state index in [4.69, 9.17) is 0 Å². The summed E-state index contributed by atoms with van der Waals surface area (Å²) >= 11 is 3.14. The van der Waals surface area contributed by atoms with Crippen molar-refractivity contribution >= 4 is 29.1 Å². The van der Waals surface area contributed by atoms with Crippen molar-refractivity contribution in [3.05, 3.63) is 5.82 Å². The van der Waals surface area contributed by atoms with Crippen LogP contribution in [0, 0.1) is 12.8 Å². The van der Waals surface area contributed by atoms with Crippen molar-refractivity contribution in [2.75, 3.05) is 0 Å². The molecule has 1 aromatic heterocycles. The van der Waals surface area contributed by atoms with Crippen molar-refractivity contribution in [2.45, 2.75) is 36.3 Å². The fraction of sp³-hybridized carbons (Fsp3) is 0.667. The van der Waals surface area contributed by atoms with E-state index in [9.17, 15) is 4.79 Å². The molecular weight excluding hydrogens is 216 g/mol. The van der Waals surface area contributed by atoms with E-state index in [0.717, 1.165) is 23.0 Å². The van der Waals surface area contributed by atoms with E-state index in [2.05, 4.69) is 9.36 Å². The third-order valence-electron chi connectivity index (χ3n) is 2.50. The van der Waals surface area contributed by atoms with Gasteiger partial charge in [0.1, 0.15) is 11.6 Å². The molecule has 1 fully saturated rings. The Morgan fingerprint density at radius 3 is 2.86 bits per heavy atom. The second-order valence-electron chi connectivity index (χ2n) is 3.56. The van der Waals surface area contributed by atoms with E-state index in [1.54, 1.807) is 11.8 Å². The van der Waals surface area contributed by atoms with Crippen LogP contribution in [0.1, 0.15) is 25.6 Å². The van der Waals surface area contributed by atoms with Crippen LogP contribution in [0.25, 0.3) is 0 Å². The summed E-state index contributed by atoms with van der Waals surface area (Å²) in [6.07, 6.45) is 1.72. The van der Waals surface area contributed by atoms with Gasteiger partial charge in [-0.15, -0.1) is 0 Å². The molecule has 1 aliphatic rings. The third kappa shape index (κ3) is 1.98. The van der Waals surface area contributed by atoms with Gasteiger partial charge in [-0.3, -0.25) is 4.79 Å². The first-order valence-electron chi connectivity index (χ1n) is 4.66. The molecule has 0 amide bonds. The number of carbonyl (C=O) groups is 1. The SMILES string of the molecule is Cc1nsc(SC2CCC(=O)C2C)n1. The summed E-state index contributed by atoms with van der Waals surface area (Å²) in [7, 11) is 0. The average molecular weight is 228 g/mol. The second kappa shape index (κ2) is 3.98. The lowest BCUT2D eigenvalue weighted by Crippen LogP contribution is -2.11. The predicted octanol–water partition coefficient (Wildman–Crippen LogP) is 2.31. The van der Waals surface area contributed by atoms with Gasteiger partial charge in [-0.25, -0.2) is 4.98 Å². The Morgan fingerprint density at radius 1 is 1.57 bits per heavy atom. The Bertz CT molecular complexity index is 350. The minimum absolute atomic E-state index is 0.184. The minimum Gasteiger partial charge on any atom is -0.299 e. The number of aryl methyl sites for hydroxylation is 1. The van der Waals surface area contributed by atoms with Crippen LogP contribution in [0.5, 0.6) is 0 Å². The average Bonchev–Trinajstić information content (AvgIpc) is 2.67. The van der Waals surface area contributed by atoms with Crippen LogP contribution in [0.15, 0.2) is 4.34 Å². The molecule has 0 spiro atoms. The molecule has 0 radical (unpaired) electrons. The third-order valence-corrected chi connectivity index (χ3v) is 4.86. The maximum absolute atomic E-state index is 11.3. The smallest absolute Gasteiger partial charge is 0.170 e. The van der Waals surface area contributed by atoms with Crippen LogP contribution < -0.4 is 0 Å². The number of rotatable bonds is 2. The second-order valence-corrected chi connectivity index (χ2v) is 5.80. The van der Waals surface area contributed by atoms with Gasteiger partial charge in [-0.1, -0.05) is 18.7 Å². The summed E-state index contributed by atoms with van der Waals surface area (Å²) in [5.74, 6) is 1.41. The molecule has 2 unspecified atom stereocenters. The lowest BCUT2D eigenvalue weighted by atomic mass is 10.1. The van der Waals surface area contributed by atoms with Crippen molar-refractivity contribution in [2.24, 2.45) is 5.92 Å². The van der Waals surface area contributed by atoms with Crippen LogP contribution in [0.4, 0.5) is 0 Å². The number of ketones is 1. The van der Waals surface area contributed by atoms with Gasteiger partial charge < -0.3 is 0 Å². The van der Waals surface area contributed by atoms with Crippen molar-refractivity contribution in [3.63, 3.8) is 0 Å². The Morgan fingerprint density at radius 2 is 2.36 bits per heavy atom. The van der Waals surface area contributed by atoms with Crippen LogP contribution >= 0.6 is 23.3 Å². The summed E-state index contributed by atoms with van der Waals surface area (Å²) in [6.45, 7) is 3.91.